The van der Waals surface area contributed by atoms with Gasteiger partial charge in [-0.3, -0.25) is 0 Å². The Morgan fingerprint density at radius 3 is 2.82 bits per heavy atom. The number of hydrogen-bond acceptors (Lipinski definition) is 4. The summed E-state index contributed by atoms with van der Waals surface area (Å²) in [4.78, 5) is 14.7. The fraction of sp³-hybridized carbons (Fsp3) is 0.429. The number of aryl methyl sites for hydroxylation is 1. The van der Waals surface area contributed by atoms with E-state index in [9.17, 15) is 9.90 Å². The van der Waals surface area contributed by atoms with E-state index in [-0.39, 0.29) is 23.5 Å². The molecule has 3 rings (SSSR count). The molecule has 2 unspecified atom stereocenters. The minimum Gasteiger partial charge on any atom is -0.508 e. The van der Waals surface area contributed by atoms with Gasteiger partial charge in [0.15, 0.2) is 0 Å². The molecule has 2 aromatic rings. The zero-order chi connectivity index (χ0) is 20.1. The van der Waals surface area contributed by atoms with E-state index >= 15 is 0 Å². The normalized spacial score (nSPS) is 24.0. The van der Waals surface area contributed by atoms with Crippen LogP contribution in [0.3, 0.4) is 0 Å². The van der Waals surface area contributed by atoms with Crippen molar-refractivity contribution in [3.05, 3.63) is 59.3 Å². The number of rotatable bonds is 8. The standard InChI is InChI=1S/C21H22INO5/c1-23-19-11-18(22)16(7-3-5-14-8-9-20(28-14)21(25)26)17(19)12-27-15-6-2-4-13(24)10-15/h2,4,6,8-10,16-19,24H,3,5,7,11-12H2,(H,25,26)/t16-,17-,18?,19?/m1/s1. The first-order valence-corrected chi connectivity index (χ1v) is 10.5. The quantitative estimate of drug-likeness (QED) is 0.312. The summed E-state index contributed by atoms with van der Waals surface area (Å²) in [6.45, 7) is 7.99. The summed E-state index contributed by atoms with van der Waals surface area (Å²) in [6, 6.07) is 9.84. The SMILES string of the molecule is [C-]#[N+]C1CC(I)[C@H](CCCc2ccc(C(=O)O)o2)[C@H]1COc1cccc(O)c1. The van der Waals surface area contributed by atoms with Gasteiger partial charge in [0.2, 0.25) is 11.8 Å². The lowest BCUT2D eigenvalue weighted by Crippen LogP contribution is -2.26. The Bertz CT molecular complexity index is 858. The largest absolute Gasteiger partial charge is 0.508 e. The van der Waals surface area contributed by atoms with Crippen LogP contribution in [0.2, 0.25) is 0 Å². The molecule has 0 saturated heterocycles. The molecule has 1 aromatic heterocycles. The summed E-state index contributed by atoms with van der Waals surface area (Å²) in [6.07, 6.45) is 3.32. The number of phenolic OH excluding ortho intramolecular Hbond substituents is 1. The highest BCUT2D eigenvalue weighted by molar-refractivity contribution is 14.1. The minimum absolute atomic E-state index is 0.0342. The van der Waals surface area contributed by atoms with Crippen molar-refractivity contribution in [1.82, 2.24) is 0 Å². The molecule has 4 atom stereocenters. The van der Waals surface area contributed by atoms with Crippen LogP contribution in [-0.4, -0.2) is 32.8 Å². The molecule has 28 heavy (non-hydrogen) atoms. The molecule has 0 spiro atoms. The number of furan rings is 1. The number of halogens is 1. The molecular weight excluding hydrogens is 473 g/mol. The molecule has 1 aliphatic carbocycles. The summed E-state index contributed by atoms with van der Waals surface area (Å²) in [7, 11) is 0. The number of ether oxygens (including phenoxy) is 1. The van der Waals surface area contributed by atoms with Crippen molar-refractivity contribution in [2.75, 3.05) is 6.61 Å². The van der Waals surface area contributed by atoms with E-state index in [1.807, 2.05) is 0 Å². The number of nitrogens with zero attached hydrogens (tertiary/aromatic N) is 1. The predicted octanol–water partition coefficient (Wildman–Crippen LogP) is 4.81. The summed E-state index contributed by atoms with van der Waals surface area (Å²) in [5.41, 5.74) is 0. The maximum absolute atomic E-state index is 10.9. The van der Waals surface area contributed by atoms with Gasteiger partial charge < -0.3 is 24.2 Å². The van der Waals surface area contributed by atoms with Gasteiger partial charge in [-0.2, -0.15) is 0 Å². The molecule has 0 bridgehead atoms. The van der Waals surface area contributed by atoms with E-state index in [1.165, 1.54) is 6.07 Å². The first kappa shape index (κ1) is 20.5. The first-order chi connectivity index (χ1) is 13.5. The van der Waals surface area contributed by atoms with Crippen LogP contribution in [0.5, 0.6) is 11.5 Å². The molecule has 0 aliphatic heterocycles. The van der Waals surface area contributed by atoms with Crippen molar-refractivity contribution in [2.45, 2.75) is 35.6 Å². The van der Waals surface area contributed by atoms with Crippen LogP contribution < -0.4 is 4.74 Å². The Morgan fingerprint density at radius 2 is 2.14 bits per heavy atom. The summed E-state index contributed by atoms with van der Waals surface area (Å²) >= 11 is 2.43. The average Bonchev–Trinajstić information content (AvgIpc) is 3.25. The van der Waals surface area contributed by atoms with Crippen molar-refractivity contribution in [2.24, 2.45) is 11.8 Å². The number of hydrogen-bond donors (Lipinski definition) is 2. The van der Waals surface area contributed by atoms with Crippen LogP contribution in [0.15, 0.2) is 40.8 Å². The number of carboxylic acids is 1. The van der Waals surface area contributed by atoms with Gasteiger partial charge >= 0.3 is 5.97 Å². The summed E-state index contributed by atoms with van der Waals surface area (Å²) < 4.78 is 11.6. The molecule has 0 amide bonds. The highest BCUT2D eigenvalue weighted by Crippen LogP contribution is 2.42. The summed E-state index contributed by atoms with van der Waals surface area (Å²) in [5, 5.41) is 18.5. The topological polar surface area (TPSA) is 84.3 Å². The van der Waals surface area contributed by atoms with Crippen molar-refractivity contribution < 1.29 is 24.2 Å². The third kappa shape index (κ3) is 4.98. The summed E-state index contributed by atoms with van der Waals surface area (Å²) in [5.74, 6) is 0.837. The minimum atomic E-state index is -1.06. The third-order valence-corrected chi connectivity index (χ3v) is 6.67. The highest BCUT2D eigenvalue weighted by atomic mass is 127. The molecule has 0 radical (unpaired) electrons. The number of aromatic hydroxyl groups is 1. The van der Waals surface area contributed by atoms with E-state index in [4.69, 9.17) is 20.8 Å². The molecular formula is C21H22INO5. The van der Waals surface area contributed by atoms with Gasteiger partial charge in [-0.1, -0.05) is 28.7 Å². The zero-order valence-electron chi connectivity index (χ0n) is 15.3. The van der Waals surface area contributed by atoms with Gasteiger partial charge in [-0.05, 0) is 43.0 Å². The van der Waals surface area contributed by atoms with Crippen LogP contribution in [0, 0.1) is 18.4 Å². The van der Waals surface area contributed by atoms with Crippen LogP contribution in [0.25, 0.3) is 4.85 Å². The van der Waals surface area contributed by atoms with Gasteiger partial charge in [-0.25, -0.2) is 11.4 Å². The Morgan fingerprint density at radius 1 is 1.32 bits per heavy atom. The van der Waals surface area contributed by atoms with Crippen LogP contribution in [0.1, 0.15) is 35.6 Å². The van der Waals surface area contributed by atoms with E-state index < -0.39 is 5.97 Å². The third-order valence-electron chi connectivity index (χ3n) is 5.23. The molecule has 1 aromatic carbocycles. The highest BCUT2D eigenvalue weighted by Gasteiger charge is 2.46. The first-order valence-electron chi connectivity index (χ1n) is 9.22. The number of aromatic carboxylic acids is 1. The van der Waals surface area contributed by atoms with Crippen molar-refractivity contribution in [3.8, 4) is 11.5 Å². The maximum Gasteiger partial charge on any atom is 0.371 e. The smallest absolute Gasteiger partial charge is 0.371 e. The second-order valence-electron chi connectivity index (χ2n) is 7.05. The monoisotopic (exact) mass is 495 g/mol. The number of carboxylic acid groups (broad SMARTS) is 1. The fourth-order valence-electron chi connectivity index (χ4n) is 3.82. The number of carbonyl (C=O) groups is 1. The Hall–Kier alpha value is -2.21. The fourth-order valence-corrected chi connectivity index (χ4v) is 5.23. The van der Waals surface area contributed by atoms with E-state index in [0.29, 0.717) is 34.4 Å². The number of benzene rings is 1. The average molecular weight is 495 g/mol. The molecule has 1 saturated carbocycles. The zero-order valence-corrected chi connectivity index (χ0v) is 17.4. The Labute approximate surface area is 177 Å². The Balaban J connectivity index is 1.58. The molecule has 1 heterocycles. The number of phenols is 1. The van der Waals surface area contributed by atoms with E-state index in [2.05, 4.69) is 27.4 Å². The molecule has 2 N–H and O–H groups in total. The van der Waals surface area contributed by atoms with Crippen molar-refractivity contribution >= 4 is 28.6 Å². The van der Waals surface area contributed by atoms with Crippen molar-refractivity contribution in [3.63, 3.8) is 0 Å². The molecule has 1 fully saturated rings. The Kier molecular flexibility index (Phi) is 6.83. The predicted molar refractivity (Wildman–Crippen MR) is 112 cm³/mol. The second-order valence-corrected chi connectivity index (χ2v) is 8.65. The van der Waals surface area contributed by atoms with Crippen molar-refractivity contribution in [1.29, 1.82) is 0 Å². The second kappa shape index (κ2) is 9.32. The van der Waals surface area contributed by atoms with E-state index in [0.717, 1.165) is 19.3 Å². The van der Waals surface area contributed by atoms with E-state index in [1.54, 1.807) is 30.3 Å². The van der Waals surface area contributed by atoms with Gasteiger partial charge in [-0.15, -0.1) is 0 Å². The van der Waals surface area contributed by atoms with Gasteiger partial charge in [0.05, 0.1) is 12.5 Å². The van der Waals surface area contributed by atoms with Gasteiger partial charge in [0.1, 0.15) is 17.3 Å². The lowest BCUT2D eigenvalue weighted by atomic mass is 9.90. The van der Waals surface area contributed by atoms with Gasteiger partial charge in [0, 0.05) is 22.8 Å². The molecule has 7 heteroatoms. The molecule has 6 nitrogen and oxygen atoms in total. The molecule has 148 valence electrons. The van der Waals surface area contributed by atoms with Gasteiger partial charge in [0.25, 0.3) is 0 Å². The van der Waals surface area contributed by atoms with Crippen LogP contribution in [0.4, 0.5) is 0 Å². The lowest BCUT2D eigenvalue weighted by molar-refractivity contribution is 0.0660. The van der Waals surface area contributed by atoms with Crippen LogP contribution in [-0.2, 0) is 6.42 Å². The number of alkyl halides is 1. The maximum atomic E-state index is 10.9. The molecule has 1 aliphatic rings. The lowest BCUT2D eigenvalue weighted by Gasteiger charge is -2.21. The van der Waals surface area contributed by atoms with Crippen LogP contribution >= 0.6 is 22.6 Å².